The molecule has 0 bridgehead atoms. The van der Waals surface area contributed by atoms with Crippen LogP contribution in [-0.4, -0.2) is 35.3 Å². The largest absolute Gasteiger partial charge is 0.507 e. The summed E-state index contributed by atoms with van der Waals surface area (Å²) >= 11 is 0. The number of carbonyl (C=O) groups excluding carboxylic acids is 1. The molecule has 98 valence electrons. The standard InChI is InChI=1S/C12H15NO5/c1-3-10(18-2)11(15)13-7-4-5-9(14)8(6-7)12(16)17/h4-6,10,14H,3H2,1-2H3,(H,13,15)(H,16,17). The second kappa shape index (κ2) is 6.02. The highest BCUT2D eigenvalue weighted by atomic mass is 16.5. The third-order valence-corrected chi connectivity index (χ3v) is 2.44. The minimum Gasteiger partial charge on any atom is -0.507 e. The number of methoxy groups -OCH3 is 1. The van der Waals surface area contributed by atoms with E-state index >= 15 is 0 Å². The fraction of sp³-hybridized carbons (Fsp3) is 0.333. The highest BCUT2D eigenvalue weighted by Crippen LogP contribution is 2.21. The average Bonchev–Trinajstić information content (AvgIpc) is 2.32. The molecular weight excluding hydrogens is 238 g/mol. The van der Waals surface area contributed by atoms with Crippen molar-refractivity contribution in [2.24, 2.45) is 0 Å². The van der Waals surface area contributed by atoms with Crippen LogP contribution < -0.4 is 5.32 Å². The number of aromatic carboxylic acids is 1. The zero-order valence-electron chi connectivity index (χ0n) is 10.1. The zero-order valence-corrected chi connectivity index (χ0v) is 10.1. The maximum Gasteiger partial charge on any atom is 0.339 e. The van der Waals surface area contributed by atoms with Crippen molar-refractivity contribution in [3.8, 4) is 5.75 Å². The van der Waals surface area contributed by atoms with Crippen molar-refractivity contribution in [3.63, 3.8) is 0 Å². The molecule has 1 amide bonds. The van der Waals surface area contributed by atoms with E-state index in [-0.39, 0.29) is 17.2 Å². The van der Waals surface area contributed by atoms with Crippen LogP contribution in [-0.2, 0) is 9.53 Å². The minimum absolute atomic E-state index is 0.265. The lowest BCUT2D eigenvalue weighted by molar-refractivity contribution is -0.125. The number of hydrogen-bond acceptors (Lipinski definition) is 4. The van der Waals surface area contributed by atoms with Gasteiger partial charge in [-0.05, 0) is 24.6 Å². The Bertz CT molecular complexity index is 454. The molecule has 0 saturated heterocycles. The molecule has 18 heavy (non-hydrogen) atoms. The summed E-state index contributed by atoms with van der Waals surface area (Å²) in [7, 11) is 1.42. The van der Waals surface area contributed by atoms with Gasteiger partial charge in [-0.2, -0.15) is 0 Å². The van der Waals surface area contributed by atoms with E-state index in [1.54, 1.807) is 6.92 Å². The number of anilines is 1. The number of aromatic hydroxyl groups is 1. The van der Waals surface area contributed by atoms with Gasteiger partial charge in [0.05, 0.1) is 0 Å². The van der Waals surface area contributed by atoms with Gasteiger partial charge in [-0.1, -0.05) is 6.92 Å². The Morgan fingerprint density at radius 1 is 1.44 bits per heavy atom. The van der Waals surface area contributed by atoms with Crippen molar-refractivity contribution in [1.82, 2.24) is 0 Å². The molecule has 0 aliphatic rings. The summed E-state index contributed by atoms with van der Waals surface area (Å²) in [5.41, 5.74) is 0.0314. The van der Waals surface area contributed by atoms with Crippen LogP contribution in [0.25, 0.3) is 0 Å². The van der Waals surface area contributed by atoms with Crippen LogP contribution in [0.1, 0.15) is 23.7 Å². The van der Waals surface area contributed by atoms with Gasteiger partial charge in [0, 0.05) is 12.8 Å². The Hall–Kier alpha value is -2.08. The van der Waals surface area contributed by atoms with E-state index in [1.807, 2.05) is 0 Å². The van der Waals surface area contributed by atoms with Gasteiger partial charge in [-0.3, -0.25) is 4.79 Å². The van der Waals surface area contributed by atoms with Crippen molar-refractivity contribution in [2.75, 3.05) is 12.4 Å². The van der Waals surface area contributed by atoms with Crippen LogP contribution in [0.15, 0.2) is 18.2 Å². The first kappa shape index (κ1) is 14.0. The first-order valence-electron chi connectivity index (χ1n) is 5.39. The van der Waals surface area contributed by atoms with Gasteiger partial charge < -0.3 is 20.3 Å². The molecule has 1 aromatic rings. The molecule has 0 aromatic heterocycles. The van der Waals surface area contributed by atoms with Crippen LogP contribution in [0.4, 0.5) is 5.69 Å². The monoisotopic (exact) mass is 253 g/mol. The number of rotatable bonds is 5. The number of hydrogen-bond donors (Lipinski definition) is 3. The van der Waals surface area contributed by atoms with E-state index in [2.05, 4.69) is 5.32 Å². The summed E-state index contributed by atoms with van der Waals surface area (Å²) in [5.74, 6) is -1.97. The predicted molar refractivity (Wildman–Crippen MR) is 64.8 cm³/mol. The fourth-order valence-corrected chi connectivity index (χ4v) is 1.47. The topological polar surface area (TPSA) is 95.9 Å². The molecular formula is C12H15NO5. The summed E-state index contributed by atoms with van der Waals surface area (Å²) < 4.78 is 4.96. The summed E-state index contributed by atoms with van der Waals surface area (Å²) in [4.78, 5) is 22.5. The van der Waals surface area contributed by atoms with Crippen molar-refractivity contribution in [2.45, 2.75) is 19.4 Å². The highest BCUT2D eigenvalue weighted by molar-refractivity contribution is 5.97. The minimum atomic E-state index is -1.26. The summed E-state index contributed by atoms with van der Waals surface area (Å²) in [5, 5.41) is 20.7. The van der Waals surface area contributed by atoms with Gasteiger partial charge in [0.1, 0.15) is 17.4 Å². The number of benzene rings is 1. The van der Waals surface area contributed by atoms with Gasteiger partial charge in [0.2, 0.25) is 0 Å². The third kappa shape index (κ3) is 3.21. The van der Waals surface area contributed by atoms with Gasteiger partial charge in [0.25, 0.3) is 5.91 Å². The van der Waals surface area contributed by atoms with Crippen LogP contribution >= 0.6 is 0 Å². The summed E-state index contributed by atoms with van der Waals surface area (Å²) in [6.07, 6.45) is -0.0845. The molecule has 0 aliphatic heterocycles. The number of phenols is 1. The molecule has 1 atom stereocenters. The Morgan fingerprint density at radius 3 is 2.61 bits per heavy atom. The van der Waals surface area contributed by atoms with Crippen molar-refractivity contribution >= 4 is 17.6 Å². The molecule has 3 N–H and O–H groups in total. The molecule has 0 saturated carbocycles. The molecule has 0 heterocycles. The lowest BCUT2D eigenvalue weighted by atomic mass is 10.1. The van der Waals surface area contributed by atoms with Gasteiger partial charge in [0.15, 0.2) is 0 Å². The summed E-state index contributed by atoms with van der Waals surface area (Å²) in [6.45, 7) is 1.80. The maximum atomic E-state index is 11.7. The predicted octanol–water partition coefficient (Wildman–Crippen LogP) is 1.45. The smallest absolute Gasteiger partial charge is 0.339 e. The van der Waals surface area contributed by atoms with Crippen molar-refractivity contribution in [3.05, 3.63) is 23.8 Å². The quantitative estimate of drug-likeness (QED) is 0.690. The lowest BCUT2D eigenvalue weighted by Gasteiger charge is -2.13. The van der Waals surface area contributed by atoms with Crippen LogP contribution in [0.2, 0.25) is 0 Å². The van der Waals surface area contributed by atoms with E-state index < -0.39 is 12.1 Å². The molecule has 0 spiro atoms. The van der Waals surface area contributed by atoms with E-state index in [1.165, 1.54) is 25.3 Å². The number of nitrogens with one attached hydrogen (secondary N) is 1. The molecule has 0 fully saturated rings. The first-order valence-corrected chi connectivity index (χ1v) is 5.39. The van der Waals surface area contributed by atoms with E-state index in [0.29, 0.717) is 12.1 Å². The third-order valence-electron chi connectivity index (χ3n) is 2.44. The van der Waals surface area contributed by atoms with Crippen LogP contribution in [0, 0.1) is 0 Å². The number of amides is 1. The highest BCUT2D eigenvalue weighted by Gasteiger charge is 2.17. The van der Waals surface area contributed by atoms with Crippen LogP contribution in [0.3, 0.4) is 0 Å². The number of carboxylic acids is 1. The van der Waals surface area contributed by atoms with Gasteiger partial charge in [-0.25, -0.2) is 4.79 Å². The molecule has 6 nitrogen and oxygen atoms in total. The Balaban J connectivity index is 2.89. The maximum absolute atomic E-state index is 11.7. The van der Waals surface area contributed by atoms with Gasteiger partial charge >= 0.3 is 5.97 Å². The molecule has 1 rings (SSSR count). The first-order chi connectivity index (χ1) is 8.49. The van der Waals surface area contributed by atoms with E-state index in [9.17, 15) is 14.7 Å². The number of carbonyl (C=O) groups is 2. The van der Waals surface area contributed by atoms with Crippen molar-refractivity contribution in [1.29, 1.82) is 0 Å². The average molecular weight is 253 g/mol. The Labute approximate surface area is 104 Å². The second-order valence-corrected chi connectivity index (χ2v) is 3.66. The normalized spacial score (nSPS) is 11.9. The van der Waals surface area contributed by atoms with Crippen LogP contribution in [0.5, 0.6) is 5.75 Å². The Morgan fingerprint density at radius 2 is 2.11 bits per heavy atom. The lowest BCUT2D eigenvalue weighted by Crippen LogP contribution is -2.28. The number of carboxylic acid groups (broad SMARTS) is 1. The SMILES string of the molecule is CCC(OC)C(=O)Nc1ccc(O)c(C(=O)O)c1. The number of ether oxygens (including phenoxy) is 1. The molecule has 0 radical (unpaired) electrons. The summed E-state index contributed by atoms with van der Waals surface area (Å²) in [6, 6.07) is 3.83. The zero-order chi connectivity index (χ0) is 13.7. The van der Waals surface area contributed by atoms with Crippen molar-refractivity contribution < 1.29 is 24.5 Å². The fourth-order valence-electron chi connectivity index (χ4n) is 1.47. The van der Waals surface area contributed by atoms with Gasteiger partial charge in [-0.15, -0.1) is 0 Å². The molecule has 1 aromatic carbocycles. The van der Waals surface area contributed by atoms with E-state index in [4.69, 9.17) is 9.84 Å². The molecule has 0 aliphatic carbocycles. The molecule has 6 heteroatoms. The second-order valence-electron chi connectivity index (χ2n) is 3.66. The Kier molecular flexibility index (Phi) is 4.67. The molecule has 1 unspecified atom stereocenters. The van der Waals surface area contributed by atoms with E-state index in [0.717, 1.165) is 0 Å².